The van der Waals surface area contributed by atoms with E-state index >= 15 is 0 Å². The van der Waals surface area contributed by atoms with Crippen molar-refractivity contribution in [2.24, 2.45) is 0 Å². The third-order valence-corrected chi connectivity index (χ3v) is 2.80. The number of hydrogen-bond acceptors (Lipinski definition) is 3. The topological polar surface area (TPSA) is 42.7 Å². The minimum atomic E-state index is 0.0458. The first-order valence-electron chi connectivity index (χ1n) is 5.56. The second-order valence-electron chi connectivity index (χ2n) is 4.26. The van der Waals surface area contributed by atoms with Crippen LogP contribution >= 0.6 is 0 Å². The van der Waals surface area contributed by atoms with Crippen LogP contribution in [-0.2, 0) is 4.74 Å². The van der Waals surface area contributed by atoms with Crippen molar-refractivity contribution in [1.82, 2.24) is 4.90 Å². The molecule has 1 atom stereocenters. The van der Waals surface area contributed by atoms with Crippen LogP contribution in [0.5, 0.6) is 0 Å². The van der Waals surface area contributed by atoms with Gasteiger partial charge in [-0.15, -0.1) is 0 Å². The van der Waals surface area contributed by atoms with Crippen LogP contribution in [0.1, 0.15) is 28.8 Å². The minimum Gasteiger partial charge on any atom is -0.466 e. The van der Waals surface area contributed by atoms with E-state index in [1.807, 2.05) is 25.7 Å². The van der Waals surface area contributed by atoms with Crippen molar-refractivity contribution < 1.29 is 13.9 Å². The molecule has 4 heteroatoms. The predicted molar refractivity (Wildman–Crippen MR) is 59.5 cm³/mol. The standard InChI is InChI=1S/C12H17NO3/c1-8-6-11(10(3)16-8)12(14)13-4-5-15-9(2)7-13/h6,9H,4-5,7H2,1-3H3. The van der Waals surface area contributed by atoms with Crippen molar-refractivity contribution in [3.8, 4) is 0 Å². The van der Waals surface area contributed by atoms with Crippen molar-refractivity contribution >= 4 is 5.91 Å². The number of hydrogen-bond donors (Lipinski definition) is 0. The molecule has 1 aromatic heterocycles. The summed E-state index contributed by atoms with van der Waals surface area (Å²) in [6.07, 6.45) is 0.117. The molecule has 0 aromatic carbocycles. The lowest BCUT2D eigenvalue weighted by atomic mass is 10.2. The van der Waals surface area contributed by atoms with Gasteiger partial charge >= 0.3 is 0 Å². The highest BCUT2D eigenvalue weighted by Crippen LogP contribution is 2.17. The van der Waals surface area contributed by atoms with Crippen molar-refractivity contribution in [1.29, 1.82) is 0 Å². The Bertz CT molecular complexity index is 397. The third kappa shape index (κ3) is 2.11. The highest BCUT2D eigenvalue weighted by Gasteiger charge is 2.24. The average molecular weight is 223 g/mol. The van der Waals surface area contributed by atoms with Crippen molar-refractivity contribution in [2.75, 3.05) is 19.7 Å². The number of rotatable bonds is 1. The van der Waals surface area contributed by atoms with Crippen molar-refractivity contribution in [3.05, 3.63) is 23.2 Å². The molecule has 2 rings (SSSR count). The van der Waals surface area contributed by atoms with E-state index in [9.17, 15) is 4.79 Å². The normalized spacial score (nSPS) is 21.2. The van der Waals surface area contributed by atoms with Crippen LogP contribution in [0.4, 0.5) is 0 Å². The van der Waals surface area contributed by atoms with Crippen molar-refractivity contribution in [3.63, 3.8) is 0 Å². The van der Waals surface area contributed by atoms with Gasteiger partial charge in [0.15, 0.2) is 0 Å². The maximum Gasteiger partial charge on any atom is 0.257 e. The molecule has 0 saturated carbocycles. The van der Waals surface area contributed by atoms with Gasteiger partial charge in [-0.2, -0.15) is 0 Å². The SMILES string of the molecule is Cc1cc(C(=O)N2CCOC(C)C2)c(C)o1. The van der Waals surface area contributed by atoms with Crippen LogP contribution in [0.2, 0.25) is 0 Å². The molecule has 88 valence electrons. The van der Waals surface area contributed by atoms with E-state index < -0.39 is 0 Å². The summed E-state index contributed by atoms with van der Waals surface area (Å²) in [6, 6.07) is 1.80. The summed E-state index contributed by atoms with van der Waals surface area (Å²) < 4.78 is 10.8. The van der Waals surface area contributed by atoms with Crippen LogP contribution in [0.3, 0.4) is 0 Å². The van der Waals surface area contributed by atoms with Crippen LogP contribution in [-0.4, -0.2) is 36.6 Å². The van der Waals surface area contributed by atoms with Crippen LogP contribution in [0.25, 0.3) is 0 Å². The van der Waals surface area contributed by atoms with E-state index in [2.05, 4.69) is 0 Å². The van der Waals surface area contributed by atoms with E-state index in [-0.39, 0.29) is 12.0 Å². The maximum absolute atomic E-state index is 12.2. The van der Waals surface area contributed by atoms with Gasteiger partial charge in [-0.05, 0) is 26.8 Å². The first-order valence-corrected chi connectivity index (χ1v) is 5.56. The van der Waals surface area contributed by atoms with Gasteiger partial charge in [0.2, 0.25) is 0 Å². The molecule has 0 aliphatic carbocycles. The number of ether oxygens (including phenoxy) is 1. The molecule has 0 N–H and O–H groups in total. The van der Waals surface area contributed by atoms with Gasteiger partial charge in [0.1, 0.15) is 11.5 Å². The highest BCUT2D eigenvalue weighted by molar-refractivity contribution is 5.95. The number of aryl methyl sites for hydroxylation is 2. The quantitative estimate of drug-likeness (QED) is 0.728. The number of nitrogens with zero attached hydrogens (tertiary/aromatic N) is 1. The molecule has 0 spiro atoms. The van der Waals surface area contributed by atoms with Crippen LogP contribution in [0, 0.1) is 13.8 Å². The smallest absolute Gasteiger partial charge is 0.257 e. The number of carbonyl (C=O) groups excluding carboxylic acids is 1. The fourth-order valence-corrected chi connectivity index (χ4v) is 2.02. The zero-order chi connectivity index (χ0) is 11.7. The lowest BCUT2D eigenvalue weighted by Crippen LogP contribution is -2.44. The molecular formula is C12H17NO3. The van der Waals surface area contributed by atoms with E-state index in [0.717, 1.165) is 5.76 Å². The van der Waals surface area contributed by atoms with Crippen molar-refractivity contribution in [2.45, 2.75) is 26.9 Å². The summed E-state index contributed by atoms with van der Waals surface area (Å²) in [5, 5.41) is 0. The van der Waals surface area contributed by atoms with Gasteiger partial charge < -0.3 is 14.1 Å². The molecule has 0 bridgehead atoms. The summed E-state index contributed by atoms with van der Waals surface area (Å²) in [6.45, 7) is 7.58. The lowest BCUT2D eigenvalue weighted by Gasteiger charge is -2.31. The Hall–Kier alpha value is -1.29. The lowest BCUT2D eigenvalue weighted by molar-refractivity contribution is -0.0124. The molecule has 2 heterocycles. The predicted octanol–water partition coefficient (Wildman–Crippen LogP) is 1.76. The molecular weight excluding hydrogens is 206 g/mol. The first kappa shape index (κ1) is 11.2. The Balaban J connectivity index is 2.15. The van der Waals surface area contributed by atoms with E-state index in [0.29, 0.717) is 31.0 Å². The van der Waals surface area contributed by atoms with Gasteiger partial charge in [0.05, 0.1) is 18.3 Å². The molecule has 1 fully saturated rings. The summed E-state index contributed by atoms with van der Waals surface area (Å²) in [4.78, 5) is 14.0. The first-order chi connectivity index (χ1) is 7.58. The second-order valence-corrected chi connectivity index (χ2v) is 4.26. The van der Waals surface area contributed by atoms with Gasteiger partial charge in [0, 0.05) is 13.1 Å². The Morgan fingerprint density at radius 3 is 2.81 bits per heavy atom. The van der Waals surface area contributed by atoms with Gasteiger partial charge in [-0.25, -0.2) is 0 Å². The number of carbonyl (C=O) groups is 1. The molecule has 1 unspecified atom stereocenters. The Morgan fingerprint density at radius 1 is 1.50 bits per heavy atom. The van der Waals surface area contributed by atoms with Crippen LogP contribution in [0.15, 0.2) is 10.5 Å². The van der Waals surface area contributed by atoms with E-state index in [1.165, 1.54) is 0 Å². The van der Waals surface area contributed by atoms with E-state index in [4.69, 9.17) is 9.15 Å². The largest absolute Gasteiger partial charge is 0.466 e. The van der Waals surface area contributed by atoms with E-state index in [1.54, 1.807) is 6.07 Å². The average Bonchev–Trinajstić information content (AvgIpc) is 2.57. The Morgan fingerprint density at radius 2 is 2.25 bits per heavy atom. The fourth-order valence-electron chi connectivity index (χ4n) is 2.02. The molecule has 1 aliphatic heterocycles. The molecule has 1 aromatic rings. The minimum absolute atomic E-state index is 0.0458. The summed E-state index contributed by atoms with van der Waals surface area (Å²) in [7, 11) is 0. The zero-order valence-electron chi connectivity index (χ0n) is 9.95. The molecule has 1 saturated heterocycles. The summed E-state index contributed by atoms with van der Waals surface area (Å²) >= 11 is 0. The monoisotopic (exact) mass is 223 g/mol. The second kappa shape index (κ2) is 4.29. The summed E-state index contributed by atoms with van der Waals surface area (Å²) in [5.41, 5.74) is 0.673. The molecule has 16 heavy (non-hydrogen) atoms. The maximum atomic E-state index is 12.2. The Labute approximate surface area is 95.2 Å². The molecule has 0 radical (unpaired) electrons. The molecule has 1 amide bonds. The van der Waals surface area contributed by atoms with Gasteiger partial charge in [0.25, 0.3) is 5.91 Å². The van der Waals surface area contributed by atoms with Gasteiger partial charge in [-0.3, -0.25) is 4.79 Å². The van der Waals surface area contributed by atoms with Gasteiger partial charge in [-0.1, -0.05) is 0 Å². The molecule has 1 aliphatic rings. The summed E-state index contributed by atoms with van der Waals surface area (Å²) in [5.74, 6) is 1.52. The number of amides is 1. The fraction of sp³-hybridized carbons (Fsp3) is 0.583. The number of furan rings is 1. The Kier molecular flexibility index (Phi) is 3.01. The highest BCUT2D eigenvalue weighted by atomic mass is 16.5. The zero-order valence-corrected chi connectivity index (χ0v) is 9.95. The third-order valence-electron chi connectivity index (χ3n) is 2.80. The molecule has 4 nitrogen and oxygen atoms in total. The number of morpholine rings is 1. The van der Waals surface area contributed by atoms with Crippen LogP contribution < -0.4 is 0 Å².